The summed E-state index contributed by atoms with van der Waals surface area (Å²) in [6, 6.07) is 5.95. The fourth-order valence-electron chi connectivity index (χ4n) is 1.58. The third-order valence-electron chi connectivity index (χ3n) is 2.46. The number of ether oxygens (including phenoxy) is 1. The van der Waals surface area contributed by atoms with Crippen molar-refractivity contribution >= 4 is 27.5 Å². The zero-order chi connectivity index (χ0) is 13.5. The smallest absolute Gasteiger partial charge is 0.239 e. The van der Waals surface area contributed by atoms with Gasteiger partial charge in [0.15, 0.2) is 0 Å². The zero-order valence-electron chi connectivity index (χ0n) is 10.9. The lowest BCUT2D eigenvalue weighted by Crippen LogP contribution is -2.39. The van der Waals surface area contributed by atoms with Gasteiger partial charge in [0, 0.05) is 23.3 Å². The van der Waals surface area contributed by atoms with E-state index >= 15 is 0 Å². The van der Waals surface area contributed by atoms with Crippen molar-refractivity contribution in [3.63, 3.8) is 0 Å². The average Bonchev–Trinajstić information content (AvgIpc) is 2.30. The van der Waals surface area contributed by atoms with Gasteiger partial charge in [-0.1, -0.05) is 22.0 Å². The Bertz CT molecular complexity index is 410. The van der Waals surface area contributed by atoms with E-state index in [0.29, 0.717) is 6.61 Å². The summed E-state index contributed by atoms with van der Waals surface area (Å²) in [7, 11) is 1.62. The molecule has 5 heteroatoms. The van der Waals surface area contributed by atoms with Crippen LogP contribution in [-0.4, -0.2) is 32.2 Å². The molecule has 1 unspecified atom stereocenters. The van der Waals surface area contributed by atoms with E-state index in [1.807, 2.05) is 32.0 Å². The first-order valence-electron chi connectivity index (χ1n) is 5.81. The number of carbonyl (C=O) groups excluding carboxylic acids is 1. The molecule has 0 aliphatic heterocycles. The molecule has 0 spiro atoms. The van der Waals surface area contributed by atoms with Crippen LogP contribution in [-0.2, 0) is 9.53 Å². The number of rotatable bonds is 6. The molecule has 0 fully saturated rings. The van der Waals surface area contributed by atoms with Crippen molar-refractivity contribution in [2.24, 2.45) is 0 Å². The molecule has 1 aromatic rings. The van der Waals surface area contributed by atoms with Crippen LogP contribution in [0, 0.1) is 6.92 Å². The summed E-state index contributed by atoms with van der Waals surface area (Å²) >= 11 is 3.41. The predicted octanol–water partition coefficient (Wildman–Crippen LogP) is 2.32. The van der Waals surface area contributed by atoms with E-state index in [0.717, 1.165) is 15.7 Å². The van der Waals surface area contributed by atoms with E-state index in [-0.39, 0.29) is 18.5 Å². The number of aryl methyl sites for hydroxylation is 1. The molecule has 0 bridgehead atoms. The van der Waals surface area contributed by atoms with Gasteiger partial charge in [-0.25, -0.2) is 0 Å². The van der Waals surface area contributed by atoms with Crippen molar-refractivity contribution in [1.82, 2.24) is 5.32 Å². The minimum absolute atomic E-state index is 0.0212. The fourth-order valence-corrected chi connectivity index (χ4v) is 1.94. The van der Waals surface area contributed by atoms with Crippen LogP contribution in [0.4, 0.5) is 5.69 Å². The van der Waals surface area contributed by atoms with Crippen LogP contribution in [0.2, 0.25) is 0 Å². The van der Waals surface area contributed by atoms with Crippen LogP contribution in [0.3, 0.4) is 0 Å². The van der Waals surface area contributed by atoms with Crippen molar-refractivity contribution in [2.45, 2.75) is 19.9 Å². The van der Waals surface area contributed by atoms with Crippen LogP contribution in [0.5, 0.6) is 0 Å². The van der Waals surface area contributed by atoms with Crippen LogP contribution in [0.15, 0.2) is 22.7 Å². The first-order chi connectivity index (χ1) is 8.52. The standard InChI is InChI=1S/C13H19BrN2O2/c1-9-4-5-11(14)6-12(9)15-7-13(17)16-10(2)8-18-3/h4-6,10,15H,7-8H2,1-3H3,(H,16,17). The Kier molecular flexibility index (Phi) is 6.15. The molecule has 4 nitrogen and oxygen atoms in total. The molecule has 1 atom stereocenters. The quantitative estimate of drug-likeness (QED) is 0.847. The van der Waals surface area contributed by atoms with Gasteiger partial charge in [-0.05, 0) is 31.5 Å². The third-order valence-corrected chi connectivity index (χ3v) is 2.96. The maximum Gasteiger partial charge on any atom is 0.239 e. The Balaban J connectivity index is 2.45. The molecule has 1 amide bonds. The van der Waals surface area contributed by atoms with Crippen LogP contribution < -0.4 is 10.6 Å². The normalized spacial score (nSPS) is 12.0. The van der Waals surface area contributed by atoms with Crippen LogP contribution >= 0.6 is 15.9 Å². The zero-order valence-corrected chi connectivity index (χ0v) is 12.5. The summed E-state index contributed by atoms with van der Waals surface area (Å²) in [5.74, 6) is -0.0427. The Hall–Kier alpha value is -1.07. The number of halogens is 1. The van der Waals surface area contributed by atoms with Crippen molar-refractivity contribution in [1.29, 1.82) is 0 Å². The number of carbonyl (C=O) groups is 1. The van der Waals surface area contributed by atoms with Gasteiger partial charge < -0.3 is 15.4 Å². The van der Waals surface area contributed by atoms with Crippen molar-refractivity contribution in [3.05, 3.63) is 28.2 Å². The largest absolute Gasteiger partial charge is 0.383 e. The second-order valence-electron chi connectivity index (χ2n) is 4.24. The van der Waals surface area contributed by atoms with Crippen molar-refractivity contribution < 1.29 is 9.53 Å². The molecular formula is C13H19BrN2O2. The number of hydrogen-bond donors (Lipinski definition) is 2. The second kappa shape index (κ2) is 7.38. The number of amides is 1. The van der Waals surface area contributed by atoms with Gasteiger partial charge in [-0.3, -0.25) is 4.79 Å². The minimum Gasteiger partial charge on any atom is -0.383 e. The molecule has 0 heterocycles. The summed E-state index contributed by atoms with van der Waals surface area (Å²) in [5, 5.41) is 5.97. The molecule has 100 valence electrons. The highest BCUT2D eigenvalue weighted by molar-refractivity contribution is 9.10. The summed E-state index contributed by atoms with van der Waals surface area (Å²) in [6.07, 6.45) is 0. The minimum atomic E-state index is -0.0427. The molecule has 0 aromatic heterocycles. The molecule has 1 rings (SSSR count). The summed E-state index contributed by atoms with van der Waals surface area (Å²) in [6.45, 7) is 4.68. The van der Waals surface area contributed by atoms with Gasteiger partial charge >= 0.3 is 0 Å². The van der Waals surface area contributed by atoms with Gasteiger partial charge in [-0.15, -0.1) is 0 Å². The molecule has 0 aliphatic rings. The Morgan fingerprint density at radius 3 is 2.89 bits per heavy atom. The topological polar surface area (TPSA) is 50.4 Å². The molecule has 0 aliphatic carbocycles. The Morgan fingerprint density at radius 2 is 2.22 bits per heavy atom. The summed E-state index contributed by atoms with van der Waals surface area (Å²) < 4.78 is 5.95. The molecule has 2 N–H and O–H groups in total. The average molecular weight is 315 g/mol. The molecular weight excluding hydrogens is 296 g/mol. The van der Waals surface area contributed by atoms with Gasteiger partial charge in [0.05, 0.1) is 13.2 Å². The third kappa shape index (κ3) is 5.06. The van der Waals surface area contributed by atoms with Gasteiger partial charge in [0.2, 0.25) is 5.91 Å². The molecule has 0 saturated carbocycles. The lowest BCUT2D eigenvalue weighted by atomic mass is 10.2. The van der Waals surface area contributed by atoms with Crippen molar-refractivity contribution in [2.75, 3.05) is 25.6 Å². The van der Waals surface area contributed by atoms with E-state index in [1.165, 1.54) is 0 Å². The van der Waals surface area contributed by atoms with E-state index in [2.05, 4.69) is 26.6 Å². The van der Waals surface area contributed by atoms with Crippen molar-refractivity contribution in [3.8, 4) is 0 Å². The van der Waals surface area contributed by atoms with E-state index in [9.17, 15) is 4.79 Å². The highest BCUT2D eigenvalue weighted by Gasteiger charge is 2.07. The molecule has 0 radical (unpaired) electrons. The number of benzene rings is 1. The lowest BCUT2D eigenvalue weighted by molar-refractivity contribution is -0.120. The fraction of sp³-hybridized carbons (Fsp3) is 0.462. The highest BCUT2D eigenvalue weighted by atomic mass is 79.9. The summed E-state index contributed by atoms with van der Waals surface area (Å²) in [5.41, 5.74) is 2.06. The van der Waals surface area contributed by atoms with E-state index in [4.69, 9.17) is 4.74 Å². The van der Waals surface area contributed by atoms with Gasteiger partial charge in [0.1, 0.15) is 0 Å². The molecule has 1 aromatic carbocycles. The SMILES string of the molecule is COCC(C)NC(=O)CNc1cc(Br)ccc1C. The van der Waals surface area contributed by atoms with E-state index in [1.54, 1.807) is 7.11 Å². The molecule has 0 saturated heterocycles. The van der Waals surface area contributed by atoms with E-state index < -0.39 is 0 Å². The number of hydrogen-bond acceptors (Lipinski definition) is 3. The van der Waals surface area contributed by atoms with Gasteiger partial charge in [0.25, 0.3) is 0 Å². The number of methoxy groups -OCH3 is 1. The number of nitrogens with one attached hydrogen (secondary N) is 2. The Labute approximate surface area is 116 Å². The second-order valence-corrected chi connectivity index (χ2v) is 5.15. The number of anilines is 1. The molecule has 18 heavy (non-hydrogen) atoms. The Morgan fingerprint density at radius 1 is 1.50 bits per heavy atom. The first kappa shape index (κ1) is 15.0. The highest BCUT2D eigenvalue weighted by Crippen LogP contribution is 2.20. The maximum atomic E-state index is 11.7. The van der Waals surface area contributed by atoms with Gasteiger partial charge in [-0.2, -0.15) is 0 Å². The van der Waals surface area contributed by atoms with Crippen LogP contribution in [0.25, 0.3) is 0 Å². The van der Waals surface area contributed by atoms with Crippen LogP contribution in [0.1, 0.15) is 12.5 Å². The maximum absolute atomic E-state index is 11.7. The lowest BCUT2D eigenvalue weighted by Gasteiger charge is -2.14. The predicted molar refractivity (Wildman–Crippen MR) is 76.8 cm³/mol. The monoisotopic (exact) mass is 314 g/mol. The summed E-state index contributed by atoms with van der Waals surface area (Å²) in [4.78, 5) is 11.7. The first-order valence-corrected chi connectivity index (χ1v) is 6.60.